The van der Waals surface area contributed by atoms with Crippen LogP contribution in [0.2, 0.25) is 0 Å². The second kappa shape index (κ2) is 5.03. The average molecular weight is 227 g/mol. The van der Waals surface area contributed by atoms with Crippen molar-refractivity contribution in [3.05, 3.63) is 0 Å². The smallest absolute Gasteiger partial charge is 0.0877 e. The molecule has 0 saturated carbocycles. The molecule has 1 N–H and O–H groups in total. The molecule has 2 heterocycles. The van der Waals surface area contributed by atoms with E-state index in [1.165, 1.54) is 19.3 Å². The molecular weight excluding hydrogens is 202 g/mol. The molecule has 2 saturated heterocycles. The summed E-state index contributed by atoms with van der Waals surface area (Å²) in [6.07, 6.45) is 4.24. The van der Waals surface area contributed by atoms with Gasteiger partial charge < -0.3 is 14.8 Å². The van der Waals surface area contributed by atoms with Crippen molar-refractivity contribution in [1.82, 2.24) is 5.32 Å². The normalized spacial score (nSPS) is 35.8. The molecule has 0 aliphatic carbocycles. The molecule has 2 rings (SSSR count). The van der Waals surface area contributed by atoms with Crippen LogP contribution in [0.5, 0.6) is 0 Å². The van der Waals surface area contributed by atoms with Crippen molar-refractivity contribution < 1.29 is 9.47 Å². The molecule has 0 aromatic heterocycles. The van der Waals surface area contributed by atoms with Gasteiger partial charge in [-0.05, 0) is 40.0 Å². The van der Waals surface area contributed by atoms with Gasteiger partial charge in [0.05, 0.1) is 12.2 Å². The van der Waals surface area contributed by atoms with Gasteiger partial charge in [0.1, 0.15) is 0 Å². The fourth-order valence-corrected chi connectivity index (χ4v) is 2.58. The highest BCUT2D eigenvalue weighted by molar-refractivity contribution is 4.87. The highest BCUT2D eigenvalue weighted by Crippen LogP contribution is 2.29. The standard InChI is InChI=1S/C13H25NO2/c1-13(2,3)14-9-10-6-8-16-12(10)11-5-4-7-15-11/h10-12,14H,4-9H2,1-3H3. The van der Waals surface area contributed by atoms with Crippen molar-refractivity contribution in [2.45, 2.75) is 57.8 Å². The lowest BCUT2D eigenvalue weighted by Crippen LogP contribution is -2.43. The minimum absolute atomic E-state index is 0.198. The van der Waals surface area contributed by atoms with E-state index in [1.807, 2.05) is 0 Å². The number of nitrogens with one attached hydrogen (secondary N) is 1. The van der Waals surface area contributed by atoms with Gasteiger partial charge in [-0.1, -0.05) is 0 Å². The van der Waals surface area contributed by atoms with Crippen LogP contribution in [0.4, 0.5) is 0 Å². The van der Waals surface area contributed by atoms with Crippen molar-refractivity contribution in [1.29, 1.82) is 0 Å². The van der Waals surface area contributed by atoms with Crippen molar-refractivity contribution in [3.63, 3.8) is 0 Å². The number of rotatable bonds is 3. The van der Waals surface area contributed by atoms with Crippen LogP contribution in [0.1, 0.15) is 40.0 Å². The highest BCUT2D eigenvalue weighted by atomic mass is 16.5. The predicted octanol–water partition coefficient (Wildman–Crippen LogP) is 1.96. The van der Waals surface area contributed by atoms with Gasteiger partial charge in [-0.2, -0.15) is 0 Å². The maximum atomic E-state index is 5.85. The summed E-state index contributed by atoms with van der Waals surface area (Å²) in [6.45, 7) is 9.51. The molecule has 3 atom stereocenters. The van der Waals surface area contributed by atoms with Crippen LogP contribution in [0.15, 0.2) is 0 Å². The molecule has 0 radical (unpaired) electrons. The molecule has 16 heavy (non-hydrogen) atoms. The molecule has 3 heteroatoms. The van der Waals surface area contributed by atoms with E-state index in [9.17, 15) is 0 Å². The van der Waals surface area contributed by atoms with E-state index in [2.05, 4.69) is 26.1 Å². The maximum absolute atomic E-state index is 5.85. The lowest BCUT2D eigenvalue weighted by Gasteiger charge is -2.28. The Kier molecular flexibility index (Phi) is 3.88. The Hall–Kier alpha value is -0.120. The summed E-state index contributed by atoms with van der Waals surface area (Å²) < 4.78 is 11.6. The molecule has 94 valence electrons. The van der Waals surface area contributed by atoms with Crippen molar-refractivity contribution >= 4 is 0 Å². The SMILES string of the molecule is CC(C)(C)NCC1CCOC1C1CCCO1. The van der Waals surface area contributed by atoms with Crippen molar-refractivity contribution in [2.75, 3.05) is 19.8 Å². The van der Waals surface area contributed by atoms with Crippen LogP contribution in [0.3, 0.4) is 0 Å². The maximum Gasteiger partial charge on any atom is 0.0877 e. The van der Waals surface area contributed by atoms with Gasteiger partial charge in [-0.25, -0.2) is 0 Å². The second-order valence-corrected chi connectivity index (χ2v) is 6.07. The minimum atomic E-state index is 0.198. The first-order valence-electron chi connectivity index (χ1n) is 6.54. The lowest BCUT2D eigenvalue weighted by molar-refractivity contribution is -0.0334. The number of hydrogen-bond donors (Lipinski definition) is 1. The van der Waals surface area contributed by atoms with E-state index in [0.29, 0.717) is 18.1 Å². The van der Waals surface area contributed by atoms with E-state index >= 15 is 0 Å². The summed E-state index contributed by atoms with van der Waals surface area (Å²) >= 11 is 0. The number of ether oxygens (including phenoxy) is 2. The average Bonchev–Trinajstić information content (AvgIpc) is 2.84. The third-order valence-electron chi connectivity index (χ3n) is 3.49. The van der Waals surface area contributed by atoms with Crippen molar-refractivity contribution in [2.24, 2.45) is 5.92 Å². The third kappa shape index (κ3) is 3.19. The molecule has 3 unspecified atom stereocenters. The van der Waals surface area contributed by atoms with Crippen LogP contribution in [-0.2, 0) is 9.47 Å². The molecule has 0 bridgehead atoms. The first-order valence-corrected chi connectivity index (χ1v) is 6.54. The Bertz CT molecular complexity index is 218. The second-order valence-electron chi connectivity index (χ2n) is 6.07. The summed E-state index contributed by atoms with van der Waals surface area (Å²) in [6, 6.07) is 0. The molecule has 0 spiro atoms. The lowest BCUT2D eigenvalue weighted by atomic mass is 9.94. The van der Waals surface area contributed by atoms with E-state index in [-0.39, 0.29) is 5.54 Å². The quantitative estimate of drug-likeness (QED) is 0.799. The number of hydrogen-bond acceptors (Lipinski definition) is 3. The Balaban J connectivity index is 1.83. The zero-order valence-electron chi connectivity index (χ0n) is 10.8. The predicted molar refractivity (Wildman–Crippen MR) is 64.6 cm³/mol. The summed E-state index contributed by atoms with van der Waals surface area (Å²) in [5.41, 5.74) is 0.198. The first-order chi connectivity index (χ1) is 7.56. The Morgan fingerprint density at radius 1 is 1.12 bits per heavy atom. The molecular formula is C13H25NO2. The molecule has 0 amide bonds. The minimum Gasteiger partial charge on any atom is -0.376 e. The summed E-state index contributed by atoms with van der Waals surface area (Å²) in [4.78, 5) is 0. The molecule has 0 aromatic rings. The zero-order valence-corrected chi connectivity index (χ0v) is 10.8. The topological polar surface area (TPSA) is 30.5 Å². The molecule has 0 aromatic carbocycles. The largest absolute Gasteiger partial charge is 0.376 e. The Labute approximate surface area is 98.9 Å². The molecule has 2 aliphatic rings. The zero-order chi connectivity index (χ0) is 11.6. The Morgan fingerprint density at radius 2 is 1.94 bits per heavy atom. The van der Waals surface area contributed by atoms with E-state index in [4.69, 9.17) is 9.47 Å². The van der Waals surface area contributed by atoms with Gasteiger partial charge >= 0.3 is 0 Å². The van der Waals surface area contributed by atoms with Crippen LogP contribution < -0.4 is 5.32 Å². The third-order valence-corrected chi connectivity index (χ3v) is 3.49. The molecule has 2 aliphatic heterocycles. The van der Waals surface area contributed by atoms with Gasteiger partial charge in [-0.15, -0.1) is 0 Å². The van der Waals surface area contributed by atoms with Crippen LogP contribution >= 0.6 is 0 Å². The van der Waals surface area contributed by atoms with Gasteiger partial charge in [0.15, 0.2) is 0 Å². The van der Waals surface area contributed by atoms with Gasteiger partial charge in [0.2, 0.25) is 0 Å². The fraction of sp³-hybridized carbons (Fsp3) is 1.00. The van der Waals surface area contributed by atoms with E-state index < -0.39 is 0 Å². The van der Waals surface area contributed by atoms with Gasteiger partial charge in [-0.3, -0.25) is 0 Å². The summed E-state index contributed by atoms with van der Waals surface area (Å²) in [5, 5.41) is 3.58. The van der Waals surface area contributed by atoms with Crippen LogP contribution in [-0.4, -0.2) is 37.5 Å². The van der Waals surface area contributed by atoms with Gasteiger partial charge in [0.25, 0.3) is 0 Å². The van der Waals surface area contributed by atoms with E-state index in [0.717, 1.165) is 19.8 Å². The highest BCUT2D eigenvalue weighted by Gasteiger charge is 2.37. The van der Waals surface area contributed by atoms with E-state index in [1.54, 1.807) is 0 Å². The monoisotopic (exact) mass is 227 g/mol. The van der Waals surface area contributed by atoms with Crippen LogP contribution in [0, 0.1) is 5.92 Å². The molecule has 3 nitrogen and oxygen atoms in total. The van der Waals surface area contributed by atoms with Gasteiger partial charge in [0, 0.05) is 31.2 Å². The summed E-state index contributed by atoms with van der Waals surface area (Å²) in [7, 11) is 0. The fourth-order valence-electron chi connectivity index (χ4n) is 2.58. The van der Waals surface area contributed by atoms with Crippen molar-refractivity contribution in [3.8, 4) is 0 Å². The van der Waals surface area contributed by atoms with Crippen LogP contribution in [0.25, 0.3) is 0 Å². The Morgan fingerprint density at radius 3 is 2.56 bits per heavy atom. The summed E-state index contributed by atoms with van der Waals surface area (Å²) in [5.74, 6) is 0.627. The first kappa shape index (κ1) is 12.3. The molecule has 2 fully saturated rings.